The Morgan fingerprint density at radius 1 is 1.32 bits per heavy atom. The molecule has 0 radical (unpaired) electrons. The number of rotatable bonds is 3. The topological polar surface area (TPSA) is 35.5 Å². The van der Waals surface area contributed by atoms with Crippen LogP contribution in [-0.2, 0) is 0 Å². The van der Waals surface area contributed by atoms with E-state index in [1.807, 2.05) is 4.90 Å². The Balaban J connectivity index is 0.00000180. The van der Waals surface area contributed by atoms with Crippen LogP contribution in [0.2, 0.25) is 10.0 Å². The summed E-state index contributed by atoms with van der Waals surface area (Å²) in [4.78, 5) is 1.98. The van der Waals surface area contributed by atoms with Crippen molar-refractivity contribution in [1.29, 1.82) is 0 Å². The van der Waals surface area contributed by atoms with E-state index >= 15 is 0 Å². The van der Waals surface area contributed by atoms with Crippen molar-refractivity contribution < 1.29 is 9.50 Å². The molecule has 0 bridgehead atoms. The molecule has 3 nitrogen and oxygen atoms in total. The van der Waals surface area contributed by atoms with Gasteiger partial charge in [0.05, 0.1) is 11.1 Å². The van der Waals surface area contributed by atoms with E-state index in [1.54, 1.807) is 6.07 Å². The van der Waals surface area contributed by atoms with Crippen molar-refractivity contribution in [3.05, 3.63) is 27.7 Å². The summed E-state index contributed by atoms with van der Waals surface area (Å²) >= 11 is 11.8. The predicted molar refractivity (Wildman–Crippen MR) is 78.5 cm³/mol. The fraction of sp³-hybridized carbons (Fsp3) is 0.500. The lowest BCUT2D eigenvalue weighted by Crippen LogP contribution is -2.45. The molecule has 1 saturated heterocycles. The Bertz CT molecular complexity index is 428. The molecule has 0 aliphatic carbocycles. The highest BCUT2D eigenvalue weighted by Crippen LogP contribution is 2.37. The highest BCUT2D eigenvalue weighted by atomic mass is 35.5. The van der Waals surface area contributed by atoms with Crippen LogP contribution in [0.15, 0.2) is 12.1 Å². The van der Waals surface area contributed by atoms with Gasteiger partial charge in [0.15, 0.2) is 0 Å². The third-order valence-corrected chi connectivity index (χ3v) is 3.66. The second kappa shape index (κ2) is 7.50. The minimum absolute atomic E-state index is 0. The second-order valence-corrected chi connectivity index (χ2v) is 5.13. The minimum Gasteiger partial charge on any atom is -0.506 e. The first-order valence-electron chi connectivity index (χ1n) is 5.82. The molecule has 0 saturated carbocycles. The molecular weight excluding hydrogens is 314 g/mol. The van der Waals surface area contributed by atoms with Gasteiger partial charge in [-0.25, -0.2) is 4.39 Å². The second-order valence-electron chi connectivity index (χ2n) is 4.28. The largest absolute Gasteiger partial charge is 0.506 e. The van der Waals surface area contributed by atoms with Crippen LogP contribution < -0.4 is 5.32 Å². The van der Waals surface area contributed by atoms with E-state index in [9.17, 15) is 9.50 Å². The van der Waals surface area contributed by atoms with Crippen LogP contribution in [-0.4, -0.2) is 42.9 Å². The van der Waals surface area contributed by atoms with Gasteiger partial charge in [0, 0.05) is 36.8 Å². The fourth-order valence-corrected chi connectivity index (χ4v) is 2.72. The third kappa shape index (κ3) is 3.86. The van der Waals surface area contributed by atoms with E-state index in [0.717, 1.165) is 26.2 Å². The van der Waals surface area contributed by atoms with E-state index in [4.69, 9.17) is 23.2 Å². The molecule has 0 amide bonds. The first-order chi connectivity index (χ1) is 8.63. The molecule has 1 aromatic carbocycles. The van der Waals surface area contributed by atoms with Crippen LogP contribution >= 0.6 is 35.6 Å². The number of halogens is 4. The number of piperazine rings is 1. The van der Waals surface area contributed by atoms with E-state index in [1.165, 1.54) is 6.07 Å². The standard InChI is InChI=1S/C12H15Cl2FN2O.ClH/c13-8-5-9(12(18)10(14)6-8)11(7-15)17-3-1-16-2-4-17;/h5-6,11,16,18H,1-4,7H2;1H/t11-;/m0./s1. The normalized spacial score (nSPS) is 17.8. The molecule has 1 fully saturated rings. The number of phenolic OH excluding ortho intramolecular Hbond substituents is 1. The minimum atomic E-state index is -0.579. The van der Waals surface area contributed by atoms with Crippen LogP contribution in [0.25, 0.3) is 0 Å². The number of phenols is 1. The molecule has 1 aromatic rings. The predicted octanol–water partition coefficient (Wildman–Crippen LogP) is 3.04. The maximum absolute atomic E-state index is 13.3. The van der Waals surface area contributed by atoms with Crippen molar-refractivity contribution in [2.75, 3.05) is 32.9 Å². The number of hydrogen-bond donors (Lipinski definition) is 2. The van der Waals surface area contributed by atoms with Gasteiger partial charge < -0.3 is 10.4 Å². The van der Waals surface area contributed by atoms with Gasteiger partial charge in [0.2, 0.25) is 0 Å². The van der Waals surface area contributed by atoms with E-state index in [0.29, 0.717) is 10.6 Å². The van der Waals surface area contributed by atoms with Crippen LogP contribution in [0, 0.1) is 0 Å². The van der Waals surface area contributed by atoms with Gasteiger partial charge in [-0.3, -0.25) is 4.90 Å². The number of nitrogens with zero attached hydrogens (tertiary/aromatic N) is 1. The summed E-state index contributed by atoms with van der Waals surface area (Å²) in [6.45, 7) is 2.51. The van der Waals surface area contributed by atoms with Crippen molar-refractivity contribution in [2.24, 2.45) is 0 Å². The quantitative estimate of drug-likeness (QED) is 0.895. The van der Waals surface area contributed by atoms with Gasteiger partial charge in [-0.2, -0.15) is 0 Å². The average molecular weight is 330 g/mol. The SMILES string of the molecule is Cl.Oc1c(Cl)cc(Cl)cc1[C@H](CF)N1CCNCC1. The van der Waals surface area contributed by atoms with E-state index < -0.39 is 12.7 Å². The highest BCUT2D eigenvalue weighted by molar-refractivity contribution is 6.35. The first kappa shape index (κ1) is 16.8. The van der Waals surface area contributed by atoms with Crippen molar-refractivity contribution in [1.82, 2.24) is 10.2 Å². The number of alkyl halides is 1. The molecule has 0 unspecified atom stereocenters. The van der Waals surface area contributed by atoms with Gasteiger partial charge in [0.25, 0.3) is 0 Å². The molecule has 1 heterocycles. The monoisotopic (exact) mass is 328 g/mol. The number of aromatic hydroxyl groups is 1. The maximum Gasteiger partial charge on any atom is 0.139 e. The number of hydrogen-bond acceptors (Lipinski definition) is 3. The smallest absolute Gasteiger partial charge is 0.139 e. The van der Waals surface area contributed by atoms with E-state index in [-0.39, 0.29) is 23.2 Å². The number of benzene rings is 1. The summed E-state index contributed by atoms with van der Waals surface area (Å²) in [5.74, 6) is -0.0813. The molecule has 2 rings (SSSR count). The van der Waals surface area contributed by atoms with Crippen LogP contribution in [0.3, 0.4) is 0 Å². The molecule has 1 aliphatic rings. The molecule has 19 heavy (non-hydrogen) atoms. The summed E-state index contributed by atoms with van der Waals surface area (Å²) in [5, 5.41) is 13.7. The Kier molecular flexibility index (Phi) is 6.63. The molecule has 0 spiro atoms. The van der Waals surface area contributed by atoms with Gasteiger partial charge in [-0.15, -0.1) is 12.4 Å². The van der Waals surface area contributed by atoms with Crippen LogP contribution in [0.1, 0.15) is 11.6 Å². The Labute approximate surface area is 128 Å². The molecular formula is C12H16Cl3FN2O. The Morgan fingerprint density at radius 2 is 1.95 bits per heavy atom. The average Bonchev–Trinajstić information content (AvgIpc) is 2.37. The zero-order valence-electron chi connectivity index (χ0n) is 10.2. The van der Waals surface area contributed by atoms with Crippen LogP contribution in [0.4, 0.5) is 4.39 Å². The molecule has 108 valence electrons. The third-order valence-electron chi connectivity index (χ3n) is 3.16. The number of nitrogens with one attached hydrogen (secondary N) is 1. The summed E-state index contributed by atoms with van der Waals surface area (Å²) in [6.07, 6.45) is 0. The molecule has 1 aliphatic heterocycles. The van der Waals surface area contributed by atoms with Crippen molar-refractivity contribution in [2.45, 2.75) is 6.04 Å². The van der Waals surface area contributed by atoms with Crippen molar-refractivity contribution in [3.8, 4) is 5.75 Å². The molecule has 1 atom stereocenters. The van der Waals surface area contributed by atoms with Gasteiger partial charge in [0.1, 0.15) is 12.4 Å². The lowest BCUT2D eigenvalue weighted by molar-refractivity contribution is 0.145. The fourth-order valence-electron chi connectivity index (χ4n) is 2.21. The highest BCUT2D eigenvalue weighted by Gasteiger charge is 2.25. The van der Waals surface area contributed by atoms with E-state index in [2.05, 4.69) is 5.32 Å². The summed E-state index contributed by atoms with van der Waals surface area (Å²) in [6, 6.07) is 2.53. The maximum atomic E-state index is 13.3. The lowest BCUT2D eigenvalue weighted by Gasteiger charge is -2.34. The van der Waals surface area contributed by atoms with Crippen LogP contribution in [0.5, 0.6) is 5.75 Å². The zero-order chi connectivity index (χ0) is 13.1. The molecule has 7 heteroatoms. The first-order valence-corrected chi connectivity index (χ1v) is 6.57. The Hall–Kier alpha value is -0.260. The molecule has 2 N–H and O–H groups in total. The van der Waals surface area contributed by atoms with Gasteiger partial charge >= 0.3 is 0 Å². The van der Waals surface area contributed by atoms with Crippen molar-refractivity contribution in [3.63, 3.8) is 0 Å². The van der Waals surface area contributed by atoms with Gasteiger partial charge in [-0.1, -0.05) is 23.2 Å². The summed E-state index contributed by atoms with van der Waals surface area (Å²) in [7, 11) is 0. The molecule has 0 aromatic heterocycles. The summed E-state index contributed by atoms with van der Waals surface area (Å²) in [5.41, 5.74) is 0.455. The Morgan fingerprint density at radius 3 is 2.53 bits per heavy atom. The van der Waals surface area contributed by atoms with Gasteiger partial charge in [-0.05, 0) is 12.1 Å². The van der Waals surface area contributed by atoms with Crippen molar-refractivity contribution >= 4 is 35.6 Å². The zero-order valence-corrected chi connectivity index (χ0v) is 12.5. The lowest BCUT2D eigenvalue weighted by atomic mass is 10.0. The summed E-state index contributed by atoms with van der Waals surface area (Å²) < 4.78 is 13.3.